The Bertz CT molecular complexity index is 1110. The Balaban J connectivity index is 1.81. The van der Waals surface area contributed by atoms with E-state index in [1.54, 1.807) is 0 Å². The van der Waals surface area contributed by atoms with Crippen molar-refractivity contribution >= 4 is 11.0 Å². The highest BCUT2D eigenvalue weighted by atomic mass is 16.3. The van der Waals surface area contributed by atoms with E-state index in [4.69, 9.17) is 4.42 Å². The van der Waals surface area contributed by atoms with Crippen LogP contribution < -0.4 is 5.43 Å². The van der Waals surface area contributed by atoms with E-state index in [1.807, 2.05) is 54.6 Å². The Morgan fingerprint density at radius 1 is 0.720 bits per heavy atom. The van der Waals surface area contributed by atoms with E-state index in [0.29, 0.717) is 5.76 Å². The minimum atomic E-state index is -0.360. The molecule has 4 aromatic rings. The Kier molecular flexibility index (Phi) is 3.51. The van der Waals surface area contributed by atoms with Gasteiger partial charge in [-0.2, -0.15) is 0 Å². The lowest BCUT2D eigenvalue weighted by Gasteiger charge is -2.06. The lowest BCUT2D eigenvalue weighted by Crippen LogP contribution is -2.00. The van der Waals surface area contributed by atoms with Gasteiger partial charge in [-0.05, 0) is 11.1 Å². The molecule has 122 valence electrons. The van der Waals surface area contributed by atoms with Gasteiger partial charge in [0, 0.05) is 23.8 Å². The topological polar surface area (TPSA) is 70.7 Å². The van der Waals surface area contributed by atoms with E-state index in [9.17, 15) is 15.0 Å². The molecule has 4 rings (SSSR count). The van der Waals surface area contributed by atoms with Gasteiger partial charge in [0.2, 0.25) is 0 Å². The summed E-state index contributed by atoms with van der Waals surface area (Å²) in [6.45, 7) is 0. The SMILES string of the molecule is O=c1cc(-c2ccc(-c3ccccc3)cc2)oc2cc(O)cc(O)c12. The van der Waals surface area contributed by atoms with Crippen molar-refractivity contribution in [2.75, 3.05) is 0 Å². The summed E-state index contributed by atoms with van der Waals surface area (Å²) >= 11 is 0. The number of phenolic OH excluding ortho intramolecular Hbond substituents is 2. The van der Waals surface area contributed by atoms with E-state index in [-0.39, 0.29) is 27.9 Å². The maximum atomic E-state index is 12.3. The van der Waals surface area contributed by atoms with Crippen LogP contribution in [0.5, 0.6) is 11.5 Å². The Labute approximate surface area is 143 Å². The molecule has 0 saturated carbocycles. The van der Waals surface area contributed by atoms with E-state index >= 15 is 0 Å². The van der Waals surface area contributed by atoms with E-state index in [2.05, 4.69) is 0 Å². The number of rotatable bonds is 2. The Hall–Kier alpha value is -3.53. The molecular formula is C21H14O4. The summed E-state index contributed by atoms with van der Waals surface area (Å²) in [6, 6.07) is 21.4. The van der Waals surface area contributed by atoms with Gasteiger partial charge in [-0.1, -0.05) is 54.6 Å². The van der Waals surface area contributed by atoms with Crippen LogP contribution in [0.25, 0.3) is 33.4 Å². The van der Waals surface area contributed by atoms with Crippen molar-refractivity contribution in [2.24, 2.45) is 0 Å². The normalized spacial score (nSPS) is 10.9. The predicted octanol–water partition coefficient (Wildman–Crippen LogP) is 4.54. The van der Waals surface area contributed by atoms with Crippen molar-refractivity contribution < 1.29 is 14.6 Å². The maximum absolute atomic E-state index is 12.3. The molecule has 25 heavy (non-hydrogen) atoms. The van der Waals surface area contributed by atoms with Crippen LogP contribution in [0.2, 0.25) is 0 Å². The molecule has 0 saturated heterocycles. The monoisotopic (exact) mass is 330 g/mol. The number of fused-ring (bicyclic) bond motifs is 1. The van der Waals surface area contributed by atoms with Gasteiger partial charge in [-0.3, -0.25) is 4.79 Å². The van der Waals surface area contributed by atoms with Gasteiger partial charge >= 0.3 is 0 Å². The Morgan fingerprint density at radius 2 is 1.36 bits per heavy atom. The van der Waals surface area contributed by atoms with Crippen LogP contribution in [0, 0.1) is 0 Å². The molecule has 0 aliphatic rings. The van der Waals surface area contributed by atoms with E-state index in [0.717, 1.165) is 22.8 Å². The second kappa shape index (κ2) is 5.83. The third kappa shape index (κ3) is 2.74. The average molecular weight is 330 g/mol. The molecule has 0 spiro atoms. The third-order valence-corrected chi connectivity index (χ3v) is 4.07. The van der Waals surface area contributed by atoms with Crippen LogP contribution in [0.4, 0.5) is 0 Å². The first-order valence-electron chi connectivity index (χ1n) is 7.77. The Morgan fingerprint density at radius 3 is 2.08 bits per heavy atom. The zero-order valence-electron chi connectivity index (χ0n) is 13.1. The average Bonchev–Trinajstić information content (AvgIpc) is 2.61. The van der Waals surface area contributed by atoms with Gasteiger partial charge in [-0.25, -0.2) is 0 Å². The molecule has 0 amide bonds. The first-order valence-corrected chi connectivity index (χ1v) is 7.77. The van der Waals surface area contributed by atoms with Gasteiger partial charge in [-0.15, -0.1) is 0 Å². The van der Waals surface area contributed by atoms with Crippen LogP contribution in [-0.2, 0) is 0 Å². The van der Waals surface area contributed by atoms with Crippen LogP contribution in [0.3, 0.4) is 0 Å². The number of hydrogen-bond acceptors (Lipinski definition) is 4. The molecule has 0 radical (unpaired) electrons. The minimum Gasteiger partial charge on any atom is -0.508 e. The van der Waals surface area contributed by atoms with Crippen LogP contribution in [0.1, 0.15) is 0 Å². The summed E-state index contributed by atoms with van der Waals surface area (Å²) in [4.78, 5) is 12.3. The van der Waals surface area contributed by atoms with Gasteiger partial charge in [0.05, 0.1) is 0 Å². The number of phenols is 2. The minimum absolute atomic E-state index is 0.0578. The fourth-order valence-corrected chi connectivity index (χ4v) is 2.85. The lowest BCUT2D eigenvalue weighted by molar-refractivity contribution is 0.452. The van der Waals surface area contributed by atoms with Gasteiger partial charge in [0.1, 0.15) is 28.2 Å². The molecule has 3 aromatic carbocycles. The van der Waals surface area contributed by atoms with Gasteiger partial charge in [0.25, 0.3) is 0 Å². The molecule has 0 aliphatic carbocycles. The van der Waals surface area contributed by atoms with Crippen LogP contribution in [0.15, 0.2) is 82.0 Å². The molecular weight excluding hydrogens is 316 g/mol. The van der Waals surface area contributed by atoms with Gasteiger partial charge in [0.15, 0.2) is 5.43 Å². The van der Waals surface area contributed by atoms with Crippen molar-refractivity contribution in [3.8, 4) is 33.9 Å². The van der Waals surface area contributed by atoms with E-state index < -0.39 is 0 Å². The van der Waals surface area contributed by atoms with E-state index in [1.165, 1.54) is 12.1 Å². The highest BCUT2D eigenvalue weighted by Gasteiger charge is 2.12. The summed E-state index contributed by atoms with van der Waals surface area (Å²) in [5.41, 5.74) is 2.68. The summed E-state index contributed by atoms with van der Waals surface area (Å²) < 4.78 is 5.72. The van der Waals surface area contributed by atoms with Crippen molar-refractivity contribution in [1.29, 1.82) is 0 Å². The maximum Gasteiger partial charge on any atom is 0.197 e. The molecule has 4 nitrogen and oxygen atoms in total. The second-order valence-electron chi connectivity index (χ2n) is 5.76. The molecule has 2 N–H and O–H groups in total. The summed E-state index contributed by atoms with van der Waals surface area (Å²) in [5, 5.41) is 19.5. The molecule has 0 unspecified atom stereocenters. The molecule has 0 atom stereocenters. The lowest BCUT2D eigenvalue weighted by atomic mass is 10.0. The molecule has 0 fully saturated rings. The number of benzene rings is 3. The summed E-state index contributed by atoms with van der Waals surface area (Å²) in [6.07, 6.45) is 0. The fourth-order valence-electron chi connectivity index (χ4n) is 2.85. The largest absolute Gasteiger partial charge is 0.508 e. The van der Waals surface area contributed by atoms with Crippen molar-refractivity contribution in [1.82, 2.24) is 0 Å². The summed E-state index contributed by atoms with van der Waals surface area (Å²) in [7, 11) is 0. The second-order valence-corrected chi connectivity index (χ2v) is 5.76. The number of aromatic hydroxyl groups is 2. The van der Waals surface area contributed by atoms with Crippen molar-refractivity contribution in [2.45, 2.75) is 0 Å². The zero-order valence-corrected chi connectivity index (χ0v) is 13.1. The first kappa shape index (κ1) is 15.0. The standard InChI is InChI=1S/C21H14O4/c22-16-10-17(23)21-18(24)12-19(25-20(21)11-16)15-8-6-14(7-9-15)13-4-2-1-3-5-13/h1-12,22-23H. The number of hydrogen-bond donors (Lipinski definition) is 2. The molecule has 4 heteroatoms. The summed E-state index contributed by atoms with van der Waals surface area (Å²) in [5.74, 6) is -0.0819. The third-order valence-electron chi connectivity index (χ3n) is 4.07. The van der Waals surface area contributed by atoms with Gasteiger partial charge < -0.3 is 14.6 Å². The first-order chi connectivity index (χ1) is 12.1. The highest BCUT2D eigenvalue weighted by molar-refractivity contribution is 5.86. The zero-order chi connectivity index (χ0) is 17.4. The quantitative estimate of drug-likeness (QED) is 0.566. The molecule has 1 aromatic heterocycles. The highest BCUT2D eigenvalue weighted by Crippen LogP contribution is 2.31. The molecule has 0 aliphatic heterocycles. The molecule has 0 bridgehead atoms. The predicted molar refractivity (Wildman–Crippen MR) is 96.7 cm³/mol. The van der Waals surface area contributed by atoms with Crippen LogP contribution >= 0.6 is 0 Å². The van der Waals surface area contributed by atoms with Crippen LogP contribution in [-0.4, -0.2) is 10.2 Å². The van der Waals surface area contributed by atoms with Crippen molar-refractivity contribution in [3.63, 3.8) is 0 Å². The fraction of sp³-hybridized carbons (Fsp3) is 0. The smallest absolute Gasteiger partial charge is 0.197 e. The molecule has 1 heterocycles. The van der Waals surface area contributed by atoms with Crippen molar-refractivity contribution in [3.05, 3.63) is 83.0 Å².